The van der Waals surface area contributed by atoms with Crippen molar-refractivity contribution in [3.05, 3.63) is 57.3 Å². The largest absolute Gasteiger partial charge is 0.465 e. The second-order valence-corrected chi connectivity index (χ2v) is 7.22. The average molecular weight is 373 g/mol. The highest BCUT2D eigenvalue weighted by Gasteiger charge is 2.22. The van der Waals surface area contributed by atoms with Gasteiger partial charge in [-0.05, 0) is 44.0 Å². The fraction of sp³-hybridized carbons (Fsp3) is 0.263. The summed E-state index contributed by atoms with van der Waals surface area (Å²) in [6.45, 7) is 6.28. The number of thiazole rings is 1. The molecule has 3 aromatic rings. The minimum absolute atomic E-state index is 0.250. The number of aromatic amines is 1. The van der Waals surface area contributed by atoms with Crippen molar-refractivity contribution in [1.29, 1.82) is 0 Å². The Bertz CT molecular complexity index is 945. The monoisotopic (exact) mass is 373 g/mol. The van der Waals surface area contributed by atoms with Crippen molar-refractivity contribution in [2.24, 2.45) is 0 Å². The molecule has 2 heterocycles. The molecule has 0 amide bonds. The number of esters is 1. The van der Waals surface area contributed by atoms with E-state index in [9.17, 15) is 9.18 Å². The van der Waals surface area contributed by atoms with E-state index in [0.717, 1.165) is 38.2 Å². The van der Waals surface area contributed by atoms with Crippen molar-refractivity contribution in [3.63, 3.8) is 0 Å². The number of rotatable bonds is 5. The molecule has 2 N–H and O–H groups in total. The van der Waals surface area contributed by atoms with E-state index in [4.69, 9.17) is 4.74 Å². The summed E-state index contributed by atoms with van der Waals surface area (Å²) in [5.41, 5.74) is 4.75. The summed E-state index contributed by atoms with van der Waals surface area (Å²) in [5.74, 6) is -0.606. The lowest BCUT2D eigenvalue weighted by Gasteiger charge is -2.02. The van der Waals surface area contributed by atoms with Gasteiger partial charge in [0.2, 0.25) is 0 Å². The van der Waals surface area contributed by atoms with Crippen LogP contribution in [0.4, 0.5) is 9.52 Å². The lowest BCUT2D eigenvalue weighted by Crippen LogP contribution is -2.03. The van der Waals surface area contributed by atoms with Gasteiger partial charge in [-0.15, -0.1) is 11.3 Å². The van der Waals surface area contributed by atoms with Crippen molar-refractivity contribution >= 4 is 22.4 Å². The van der Waals surface area contributed by atoms with E-state index in [2.05, 4.69) is 15.3 Å². The summed E-state index contributed by atoms with van der Waals surface area (Å²) in [5, 5.41) is 4.04. The topological polar surface area (TPSA) is 67.0 Å². The summed E-state index contributed by atoms with van der Waals surface area (Å²) in [7, 11) is 1.37. The first-order chi connectivity index (χ1) is 12.4. The number of carbonyl (C=O) groups excluding carboxylic acids is 1. The molecule has 3 rings (SSSR count). The van der Waals surface area contributed by atoms with Crippen LogP contribution in [-0.4, -0.2) is 23.0 Å². The average Bonchev–Trinajstić information content (AvgIpc) is 3.13. The SMILES string of the molecule is COC(=O)c1c(C)[nH]c(-c2nc(NCc3ccc(F)cc3)sc2C)c1C. The predicted octanol–water partition coefficient (Wildman–Crippen LogP) is 4.60. The Morgan fingerprint density at radius 3 is 2.62 bits per heavy atom. The third-order valence-corrected chi connectivity index (χ3v) is 5.15. The van der Waals surface area contributed by atoms with Crippen LogP contribution >= 0.6 is 11.3 Å². The summed E-state index contributed by atoms with van der Waals surface area (Å²) in [6, 6.07) is 6.36. The lowest BCUT2D eigenvalue weighted by molar-refractivity contribution is 0.0599. The van der Waals surface area contributed by atoms with Crippen molar-refractivity contribution in [1.82, 2.24) is 9.97 Å². The molecule has 0 spiro atoms. The van der Waals surface area contributed by atoms with E-state index in [-0.39, 0.29) is 11.8 Å². The van der Waals surface area contributed by atoms with Gasteiger partial charge in [0.05, 0.1) is 18.4 Å². The number of nitrogens with zero attached hydrogens (tertiary/aromatic N) is 1. The molecule has 1 aromatic carbocycles. The first kappa shape index (κ1) is 18.1. The third kappa shape index (κ3) is 3.48. The van der Waals surface area contributed by atoms with Gasteiger partial charge in [-0.2, -0.15) is 0 Å². The van der Waals surface area contributed by atoms with E-state index >= 15 is 0 Å². The summed E-state index contributed by atoms with van der Waals surface area (Å²) in [6.07, 6.45) is 0. The predicted molar refractivity (Wildman–Crippen MR) is 101 cm³/mol. The Hall–Kier alpha value is -2.67. The Kier molecular flexibility index (Phi) is 5.08. The molecule has 0 saturated heterocycles. The van der Waals surface area contributed by atoms with Crippen molar-refractivity contribution in [2.45, 2.75) is 27.3 Å². The van der Waals surface area contributed by atoms with Crippen LogP contribution in [0.1, 0.15) is 32.1 Å². The van der Waals surface area contributed by atoms with Gasteiger partial charge < -0.3 is 15.0 Å². The van der Waals surface area contributed by atoms with Gasteiger partial charge in [-0.3, -0.25) is 0 Å². The van der Waals surface area contributed by atoms with Crippen molar-refractivity contribution < 1.29 is 13.9 Å². The molecule has 2 aromatic heterocycles. The van der Waals surface area contributed by atoms with Gasteiger partial charge in [-0.25, -0.2) is 14.2 Å². The van der Waals surface area contributed by atoms with Crippen LogP contribution in [-0.2, 0) is 11.3 Å². The van der Waals surface area contributed by atoms with E-state index in [1.165, 1.54) is 30.6 Å². The van der Waals surface area contributed by atoms with Crippen LogP contribution in [0.2, 0.25) is 0 Å². The fourth-order valence-corrected chi connectivity index (χ4v) is 3.69. The van der Waals surface area contributed by atoms with Crippen LogP contribution < -0.4 is 5.32 Å². The smallest absolute Gasteiger partial charge is 0.339 e. The van der Waals surface area contributed by atoms with Gasteiger partial charge in [0.25, 0.3) is 0 Å². The molecule has 0 aliphatic heterocycles. The van der Waals surface area contributed by atoms with Crippen LogP contribution in [0, 0.1) is 26.6 Å². The van der Waals surface area contributed by atoms with Crippen LogP contribution in [0.25, 0.3) is 11.4 Å². The molecule has 26 heavy (non-hydrogen) atoms. The molecule has 7 heteroatoms. The summed E-state index contributed by atoms with van der Waals surface area (Å²) < 4.78 is 17.8. The molecule has 0 aliphatic rings. The number of hydrogen-bond acceptors (Lipinski definition) is 5. The lowest BCUT2D eigenvalue weighted by atomic mass is 10.1. The highest BCUT2D eigenvalue weighted by atomic mass is 32.1. The maximum absolute atomic E-state index is 13.0. The highest BCUT2D eigenvalue weighted by molar-refractivity contribution is 7.16. The van der Waals surface area contributed by atoms with Gasteiger partial charge in [0, 0.05) is 17.1 Å². The molecular formula is C19H20FN3O2S. The van der Waals surface area contributed by atoms with Crippen LogP contribution in [0.15, 0.2) is 24.3 Å². The number of benzene rings is 1. The van der Waals surface area contributed by atoms with E-state index in [1.807, 2.05) is 20.8 Å². The fourth-order valence-electron chi connectivity index (χ4n) is 2.88. The Morgan fingerprint density at radius 1 is 1.27 bits per heavy atom. The van der Waals surface area contributed by atoms with Crippen molar-refractivity contribution in [2.75, 3.05) is 12.4 Å². The zero-order valence-electron chi connectivity index (χ0n) is 15.1. The zero-order valence-corrected chi connectivity index (χ0v) is 15.9. The molecule has 0 fully saturated rings. The Morgan fingerprint density at radius 2 is 1.96 bits per heavy atom. The first-order valence-corrected chi connectivity index (χ1v) is 8.96. The molecule has 0 saturated carbocycles. The van der Waals surface area contributed by atoms with Gasteiger partial charge in [-0.1, -0.05) is 12.1 Å². The molecule has 0 unspecified atom stereocenters. The molecule has 0 atom stereocenters. The molecule has 5 nitrogen and oxygen atoms in total. The van der Waals surface area contributed by atoms with Crippen LogP contribution in [0.3, 0.4) is 0 Å². The normalized spacial score (nSPS) is 10.8. The molecular weight excluding hydrogens is 353 g/mol. The van der Waals surface area contributed by atoms with Crippen molar-refractivity contribution in [3.8, 4) is 11.4 Å². The number of anilines is 1. The number of nitrogens with one attached hydrogen (secondary N) is 2. The number of H-pyrrole nitrogens is 1. The number of ether oxygens (including phenoxy) is 1. The van der Waals surface area contributed by atoms with E-state index < -0.39 is 0 Å². The number of aromatic nitrogens is 2. The second kappa shape index (κ2) is 7.29. The highest BCUT2D eigenvalue weighted by Crippen LogP contribution is 2.34. The maximum atomic E-state index is 13.0. The number of halogens is 1. The maximum Gasteiger partial charge on any atom is 0.339 e. The van der Waals surface area contributed by atoms with Gasteiger partial charge in [0.15, 0.2) is 5.13 Å². The molecule has 0 bridgehead atoms. The summed E-state index contributed by atoms with van der Waals surface area (Å²) in [4.78, 5) is 20.9. The number of hydrogen-bond donors (Lipinski definition) is 2. The Labute approximate surface area is 155 Å². The number of aryl methyl sites for hydroxylation is 2. The molecule has 0 aliphatic carbocycles. The minimum Gasteiger partial charge on any atom is -0.465 e. The summed E-state index contributed by atoms with van der Waals surface area (Å²) >= 11 is 1.54. The van der Waals surface area contributed by atoms with Crippen LogP contribution in [0.5, 0.6) is 0 Å². The first-order valence-electron chi connectivity index (χ1n) is 8.14. The quantitative estimate of drug-likeness (QED) is 0.642. The Balaban J connectivity index is 1.84. The zero-order chi connectivity index (χ0) is 18.8. The molecule has 136 valence electrons. The second-order valence-electron chi connectivity index (χ2n) is 6.02. The minimum atomic E-state index is -0.356. The third-order valence-electron chi connectivity index (χ3n) is 4.22. The van der Waals surface area contributed by atoms with E-state index in [1.54, 1.807) is 12.1 Å². The van der Waals surface area contributed by atoms with Gasteiger partial charge in [0.1, 0.15) is 11.5 Å². The number of methoxy groups -OCH3 is 1. The standard InChI is InChI=1S/C19H20FN3O2S/c1-10-15(18(24)25-4)11(2)22-16(10)17-12(3)26-19(23-17)21-9-13-5-7-14(20)8-6-13/h5-8,22H,9H2,1-4H3,(H,21,23). The van der Waals surface area contributed by atoms with E-state index in [0.29, 0.717) is 12.1 Å². The number of carbonyl (C=O) groups is 1. The molecule has 0 radical (unpaired) electrons. The van der Waals surface area contributed by atoms with Gasteiger partial charge >= 0.3 is 5.97 Å².